The summed E-state index contributed by atoms with van der Waals surface area (Å²) in [6, 6.07) is 5.41. The molecule has 5 heteroatoms. The number of benzene rings is 1. The predicted molar refractivity (Wildman–Crippen MR) is 66.7 cm³/mol. The zero-order chi connectivity index (χ0) is 12.7. The van der Waals surface area contributed by atoms with Gasteiger partial charge in [0.25, 0.3) is 5.91 Å². The van der Waals surface area contributed by atoms with E-state index in [2.05, 4.69) is 0 Å². The molecule has 96 valence electrons. The highest BCUT2D eigenvalue weighted by atomic mass is 35.5. The fourth-order valence-corrected chi connectivity index (χ4v) is 2.62. The first-order chi connectivity index (χ1) is 8.67. The lowest BCUT2D eigenvalue weighted by Crippen LogP contribution is -2.55. The number of hydrogen-bond donors (Lipinski definition) is 1. The van der Waals surface area contributed by atoms with Crippen LogP contribution in [-0.2, 0) is 11.2 Å². The average molecular weight is 268 g/mol. The molecule has 1 saturated heterocycles. The Balaban J connectivity index is 1.65. The lowest BCUT2D eigenvalue weighted by atomic mass is 9.99. The third-order valence-electron chi connectivity index (χ3n) is 3.50. The van der Waals surface area contributed by atoms with Gasteiger partial charge in [0.15, 0.2) is 6.10 Å². The van der Waals surface area contributed by atoms with E-state index < -0.39 is 6.10 Å². The molecule has 18 heavy (non-hydrogen) atoms. The van der Waals surface area contributed by atoms with Crippen LogP contribution in [0.3, 0.4) is 0 Å². The van der Waals surface area contributed by atoms with Crippen LogP contribution < -0.4 is 4.74 Å². The number of ether oxygens (including phenoxy) is 1. The Morgan fingerprint density at radius 1 is 1.50 bits per heavy atom. The Kier molecular flexibility index (Phi) is 2.92. The van der Waals surface area contributed by atoms with E-state index in [-0.39, 0.29) is 18.4 Å². The van der Waals surface area contributed by atoms with Gasteiger partial charge >= 0.3 is 0 Å². The van der Waals surface area contributed by atoms with Gasteiger partial charge in [-0.1, -0.05) is 11.6 Å². The maximum Gasteiger partial charge on any atom is 0.264 e. The molecular formula is C13H14ClNO3. The molecule has 1 aromatic rings. The average Bonchev–Trinajstić information content (AvgIpc) is 2.70. The molecule has 2 aliphatic rings. The van der Waals surface area contributed by atoms with Crippen LogP contribution in [0.5, 0.6) is 5.75 Å². The number of carbonyl (C=O) groups excluding carboxylic acids is 1. The summed E-state index contributed by atoms with van der Waals surface area (Å²) in [5.74, 6) is 0.983. The molecule has 0 bridgehead atoms. The minimum atomic E-state index is -0.432. The number of carbonyl (C=O) groups is 1. The third-order valence-corrected chi connectivity index (χ3v) is 3.73. The van der Waals surface area contributed by atoms with Gasteiger partial charge in [0.05, 0.1) is 0 Å². The summed E-state index contributed by atoms with van der Waals surface area (Å²) in [7, 11) is 0. The van der Waals surface area contributed by atoms with E-state index in [9.17, 15) is 4.79 Å². The van der Waals surface area contributed by atoms with Gasteiger partial charge in [-0.3, -0.25) is 4.79 Å². The van der Waals surface area contributed by atoms with Gasteiger partial charge in [0.1, 0.15) is 5.75 Å². The summed E-state index contributed by atoms with van der Waals surface area (Å²) in [5.41, 5.74) is 0.986. The number of rotatable bonds is 2. The Morgan fingerprint density at radius 3 is 3.00 bits per heavy atom. The van der Waals surface area contributed by atoms with Crippen LogP contribution in [0.25, 0.3) is 0 Å². The molecule has 1 aromatic carbocycles. The fraction of sp³-hybridized carbons (Fsp3) is 0.462. The van der Waals surface area contributed by atoms with Crippen molar-refractivity contribution in [3.05, 3.63) is 28.8 Å². The van der Waals surface area contributed by atoms with Crippen molar-refractivity contribution >= 4 is 17.5 Å². The zero-order valence-electron chi connectivity index (χ0n) is 9.80. The molecule has 0 saturated carbocycles. The lowest BCUT2D eigenvalue weighted by Gasteiger charge is -2.39. The Bertz CT molecular complexity index is 485. The molecule has 1 unspecified atom stereocenters. The van der Waals surface area contributed by atoms with Gasteiger partial charge in [-0.25, -0.2) is 0 Å². The molecule has 2 aliphatic heterocycles. The molecule has 1 fully saturated rings. The molecule has 0 aromatic heterocycles. The highest BCUT2D eigenvalue weighted by Gasteiger charge is 2.37. The summed E-state index contributed by atoms with van der Waals surface area (Å²) in [4.78, 5) is 13.9. The molecule has 0 aliphatic carbocycles. The van der Waals surface area contributed by atoms with Gasteiger partial charge in [-0.2, -0.15) is 0 Å². The van der Waals surface area contributed by atoms with Crippen LogP contribution in [0.15, 0.2) is 18.2 Å². The second kappa shape index (κ2) is 4.44. The summed E-state index contributed by atoms with van der Waals surface area (Å²) in [5, 5.41) is 9.60. The second-order valence-corrected chi connectivity index (χ2v) is 5.29. The topological polar surface area (TPSA) is 49.8 Å². The Morgan fingerprint density at radius 2 is 2.28 bits per heavy atom. The predicted octanol–water partition coefficient (Wildman–Crippen LogP) is 1.09. The van der Waals surface area contributed by atoms with Crippen LogP contribution in [0.2, 0.25) is 5.02 Å². The van der Waals surface area contributed by atoms with Crippen molar-refractivity contribution in [3.63, 3.8) is 0 Å². The molecule has 0 radical (unpaired) electrons. The smallest absolute Gasteiger partial charge is 0.264 e. The van der Waals surface area contributed by atoms with Crippen LogP contribution >= 0.6 is 11.6 Å². The minimum absolute atomic E-state index is 0.00650. The van der Waals surface area contributed by atoms with E-state index >= 15 is 0 Å². The molecule has 1 N–H and O–H groups in total. The maximum absolute atomic E-state index is 12.1. The molecule has 3 rings (SSSR count). The first-order valence-corrected chi connectivity index (χ1v) is 6.40. The molecule has 0 spiro atoms. The van der Waals surface area contributed by atoms with Gasteiger partial charge in [0, 0.05) is 37.1 Å². The molecule has 1 atom stereocenters. The summed E-state index contributed by atoms with van der Waals surface area (Å²) >= 11 is 5.91. The van der Waals surface area contributed by atoms with Crippen LogP contribution in [-0.4, -0.2) is 41.7 Å². The van der Waals surface area contributed by atoms with Crippen molar-refractivity contribution in [2.24, 2.45) is 5.92 Å². The van der Waals surface area contributed by atoms with Crippen molar-refractivity contribution in [1.29, 1.82) is 0 Å². The summed E-state index contributed by atoms with van der Waals surface area (Å²) in [6.45, 7) is 1.41. The summed E-state index contributed by atoms with van der Waals surface area (Å²) < 4.78 is 5.64. The van der Waals surface area contributed by atoms with Crippen molar-refractivity contribution in [3.8, 4) is 5.75 Å². The van der Waals surface area contributed by atoms with E-state index in [4.69, 9.17) is 21.4 Å². The van der Waals surface area contributed by atoms with Gasteiger partial charge in [-0.15, -0.1) is 0 Å². The minimum Gasteiger partial charge on any atom is -0.480 e. The van der Waals surface area contributed by atoms with E-state index in [0.717, 1.165) is 11.3 Å². The third kappa shape index (κ3) is 1.95. The first kappa shape index (κ1) is 11.8. The highest BCUT2D eigenvalue weighted by molar-refractivity contribution is 6.30. The van der Waals surface area contributed by atoms with Crippen LogP contribution in [0.4, 0.5) is 0 Å². The van der Waals surface area contributed by atoms with Gasteiger partial charge in [0.2, 0.25) is 0 Å². The van der Waals surface area contributed by atoms with Crippen LogP contribution in [0, 0.1) is 5.92 Å². The summed E-state index contributed by atoms with van der Waals surface area (Å²) in [6.07, 6.45) is 0.146. The van der Waals surface area contributed by atoms with Gasteiger partial charge < -0.3 is 14.7 Å². The fourth-order valence-electron chi connectivity index (χ4n) is 2.42. The Hall–Kier alpha value is -1.26. The molecule has 1 amide bonds. The number of aliphatic hydroxyl groups is 1. The maximum atomic E-state index is 12.1. The molecule has 2 heterocycles. The monoisotopic (exact) mass is 267 g/mol. The highest BCUT2D eigenvalue weighted by Crippen LogP contribution is 2.32. The number of amides is 1. The molecule has 4 nitrogen and oxygen atoms in total. The molecular weight excluding hydrogens is 254 g/mol. The number of likely N-dealkylation sites (tertiary alicyclic amines) is 1. The second-order valence-electron chi connectivity index (χ2n) is 4.85. The van der Waals surface area contributed by atoms with E-state index in [1.54, 1.807) is 17.0 Å². The first-order valence-electron chi connectivity index (χ1n) is 6.02. The number of hydrogen-bond acceptors (Lipinski definition) is 3. The van der Waals surface area contributed by atoms with E-state index in [1.165, 1.54) is 0 Å². The lowest BCUT2D eigenvalue weighted by molar-refractivity contribution is -0.145. The van der Waals surface area contributed by atoms with Crippen molar-refractivity contribution in [2.45, 2.75) is 12.5 Å². The quantitative estimate of drug-likeness (QED) is 0.873. The van der Waals surface area contributed by atoms with Crippen LogP contribution in [0.1, 0.15) is 5.56 Å². The van der Waals surface area contributed by atoms with Crippen molar-refractivity contribution in [1.82, 2.24) is 4.90 Å². The van der Waals surface area contributed by atoms with Crippen molar-refractivity contribution in [2.75, 3.05) is 19.7 Å². The standard InChI is InChI=1S/C13H14ClNO3/c14-10-1-2-11-9(3-10)4-12(18-11)13(17)15-5-8(6-15)7-16/h1-3,8,12,16H,4-7H2. The Labute approximate surface area is 110 Å². The number of halogens is 1. The normalized spacial score (nSPS) is 22.3. The van der Waals surface area contributed by atoms with E-state index in [1.807, 2.05) is 6.07 Å². The van der Waals surface area contributed by atoms with Gasteiger partial charge in [-0.05, 0) is 23.8 Å². The largest absolute Gasteiger partial charge is 0.480 e. The zero-order valence-corrected chi connectivity index (χ0v) is 10.6. The van der Waals surface area contributed by atoms with E-state index in [0.29, 0.717) is 24.5 Å². The number of nitrogens with zero attached hydrogens (tertiary/aromatic N) is 1. The SMILES string of the molecule is O=C(C1Cc2cc(Cl)ccc2O1)N1CC(CO)C1. The number of aliphatic hydroxyl groups excluding tert-OH is 1. The number of fused-ring (bicyclic) bond motifs is 1. The van der Waals surface area contributed by atoms with Crippen molar-refractivity contribution < 1.29 is 14.6 Å².